The second-order valence-corrected chi connectivity index (χ2v) is 6.91. The molecule has 0 saturated heterocycles. The van der Waals surface area contributed by atoms with Crippen LogP contribution in [0.4, 0.5) is 5.69 Å². The summed E-state index contributed by atoms with van der Waals surface area (Å²) < 4.78 is 12.8. The van der Waals surface area contributed by atoms with Gasteiger partial charge in [0, 0.05) is 35.6 Å². The first-order chi connectivity index (χ1) is 13.6. The topological polar surface area (TPSA) is 65.4 Å². The lowest BCUT2D eigenvalue weighted by Crippen LogP contribution is -2.12. The quantitative estimate of drug-likeness (QED) is 0.573. The third-order valence-electron chi connectivity index (χ3n) is 3.88. The molecule has 0 aliphatic rings. The molecule has 0 aliphatic carbocycles. The van der Waals surface area contributed by atoms with Crippen LogP contribution in [0.1, 0.15) is 10.4 Å². The zero-order valence-electron chi connectivity index (χ0n) is 15.7. The Morgan fingerprint density at radius 2 is 2.04 bits per heavy atom. The number of rotatable bonds is 8. The first-order valence-electron chi connectivity index (χ1n) is 8.59. The molecule has 0 saturated carbocycles. The van der Waals surface area contributed by atoms with Crippen LogP contribution in [0.5, 0.6) is 11.5 Å². The third kappa shape index (κ3) is 4.75. The van der Waals surface area contributed by atoms with Crippen molar-refractivity contribution < 1.29 is 14.3 Å². The smallest absolute Gasteiger partial charge is 0.255 e. The summed E-state index contributed by atoms with van der Waals surface area (Å²) in [5.41, 5.74) is 1.19. The minimum Gasteiger partial charge on any atom is -0.493 e. The zero-order valence-corrected chi connectivity index (χ0v) is 16.5. The summed E-state index contributed by atoms with van der Waals surface area (Å²) in [5, 5.41) is 3.79. The fourth-order valence-corrected chi connectivity index (χ4v) is 3.24. The van der Waals surface area contributed by atoms with Crippen LogP contribution in [-0.2, 0) is 7.05 Å². The summed E-state index contributed by atoms with van der Waals surface area (Å²) in [6, 6.07) is 12.7. The normalized spacial score (nSPS) is 10.4. The van der Waals surface area contributed by atoms with Crippen molar-refractivity contribution in [3.63, 3.8) is 0 Å². The summed E-state index contributed by atoms with van der Waals surface area (Å²) in [5.74, 6) is 0.837. The molecule has 0 radical (unpaired) electrons. The number of aromatic nitrogens is 2. The summed E-state index contributed by atoms with van der Waals surface area (Å²) in [6.07, 6.45) is 5.31. The van der Waals surface area contributed by atoms with E-state index >= 15 is 0 Å². The van der Waals surface area contributed by atoms with Gasteiger partial charge in [-0.2, -0.15) is 0 Å². The van der Waals surface area contributed by atoms with Crippen LogP contribution in [0.25, 0.3) is 0 Å². The molecular formula is C21H21N3O3S. The molecule has 0 unspecified atom stereocenters. The average Bonchev–Trinajstić information content (AvgIpc) is 3.12. The number of carbonyl (C=O) groups is 1. The Morgan fingerprint density at radius 3 is 2.68 bits per heavy atom. The van der Waals surface area contributed by atoms with Crippen LogP contribution >= 0.6 is 11.8 Å². The number of nitrogens with zero attached hydrogens (tertiary/aromatic N) is 2. The largest absolute Gasteiger partial charge is 0.493 e. The van der Waals surface area contributed by atoms with Gasteiger partial charge in [0.05, 0.1) is 7.11 Å². The van der Waals surface area contributed by atoms with E-state index in [1.807, 2.05) is 42.1 Å². The van der Waals surface area contributed by atoms with Gasteiger partial charge in [0.1, 0.15) is 6.61 Å². The van der Waals surface area contributed by atoms with Crippen LogP contribution in [0, 0.1) is 0 Å². The lowest BCUT2D eigenvalue weighted by atomic mass is 10.2. The maximum atomic E-state index is 12.6. The van der Waals surface area contributed by atoms with Crippen molar-refractivity contribution in [2.75, 3.05) is 19.0 Å². The van der Waals surface area contributed by atoms with Crippen molar-refractivity contribution in [3.8, 4) is 11.5 Å². The highest BCUT2D eigenvalue weighted by Gasteiger charge is 2.12. The van der Waals surface area contributed by atoms with Gasteiger partial charge in [-0.1, -0.05) is 24.4 Å². The molecule has 6 nitrogen and oxygen atoms in total. The van der Waals surface area contributed by atoms with Gasteiger partial charge in [0.2, 0.25) is 0 Å². The predicted molar refractivity (Wildman–Crippen MR) is 110 cm³/mol. The molecule has 1 heterocycles. The number of hydrogen-bond acceptors (Lipinski definition) is 5. The number of amides is 1. The first-order valence-corrected chi connectivity index (χ1v) is 9.40. The van der Waals surface area contributed by atoms with Gasteiger partial charge in [0.25, 0.3) is 5.91 Å². The Balaban J connectivity index is 1.67. The highest BCUT2D eigenvalue weighted by Crippen LogP contribution is 2.29. The Morgan fingerprint density at radius 1 is 1.25 bits per heavy atom. The summed E-state index contributed by atoms with van der Waals surface area (Å²) >= 11 is 1.56. The number of hydrogen-bond donors (Lipinski definition) is 1. The molecule has 1 amide bonds. The van der Waals surface area contributed by atoms with Gasteiger partial charge < -0.3 is 19.4 Å². The van der Waals surface area contributed by atoms with Crippen molar-refractivity contribution in [2.24, 2.45) is 7.05 Å². The van der Waals surface area contributed by atoms with E-state index in [-0.39, 0.29) is 5.91 Å². The maximum absolute atomic E-state index is 12.6. The molecule has 0 atom stereocenters. The highest BCUT2D eigenvalue weighted by molar-refractivity contribution is 7.99. The average molecular weight is 395 g/mol. The van der Waals surface area contributed by atoms with Crippen LogP contribution in [0.3, 0.4) is 0 Å². The summed E-state index contributed by atoms with van der Waals surface area (Å²) in [4.78, 5) is 17.9. The number of ether oxygens (including phenoxy) is 2. The minimum absolute atomic E-state index is 0.224. The molecule has 1 N–H and O–H groups in total. The molecule has 28 heavy (non-hydrogen) atoms. The molecule has 3 aromatic rings. The number of anilines is 1. The third-order valence-corrected chi connectivity index (χ3v) is 4.96. The second-order valence-electron chi connectivity index (χ2n) is 5.87. The van der Waals surface area contributed by atoms with Gasteiger partial charge in [-0.25, -0.2) is 4.98 Å². The van der Waals surface area contributed by atoms with Crippen molar-refractivity contribution in [1.82, 2.24) is 9.55 Å². The number of methoxy groups -OCH3 is 1. The fourth-order valence-electron chi connectivity index (χ4n) is 2.44. The Bertz CT molecular complexity index is 967. The van der Waals surface area contributed by atoms with Crippen molar-refractivity contribution in [3.05, 3.63) is 73.1 Å². The second kappa shape index (κ2) is 9.14. The molecule has 2 aromatic carbocycles. The molecule has 0 bridgehead atoms. The van der Waals surface area contributed by atoms with Crippen LogP contribution in [0.2, 0.25) is 0 Å². The van der Waals surface area contributed by atoms with Gasteiger partial charge in [-0.3, -0.25) is 4.79 Å². The van der Waals surface area contributed by atoms with Crippen molar-refractivity contribution in [2.45, 2.75) is 10.1 Å². The molecule has 7 heteroatoms. The monoisotopic (exact) mass is 395 g/mol. The SMILES string of the molecule is C=CCOc1ccc(C(=O)Nc2ccc(Sc3nccn3C)cc2)cc1OC. The number of benzene rings is 2. The number of aryl methyl sites for hydroxylation is 1. The molecule has 0 aliphatic heterocycles. The fraction of sp³-hybridized carbons (Fsp3) is 0.143. The summed E-state index contributed by atoms with van der Waals surface area (Å²) in [7, 11) is 3.49. The van der Waals surface area contributed by atoms with Gasteiger partial charge in [-0.05, 0) is 42.5 Å². The lowest BCUT2D eigenvalue weighted by Gasteiger charge is -2.11. The Labute approximate surface area is 168 Å². The van der Waals surface area contributed by atoms with E-state index in [9.17, 15) is 4.79 Å². The lowest BCUT2D eigenvalue weighted by molar-refractivity contribution is 0.102. The first kappa shape index (κ1) is 19.6. The van der Waals surface area contributed by atoms with E-state index in [2.05, 4.69) is 16.9 Å². The molecule has 0 spiro atoms. The number of carbonyl (C=O) groups excluding carboxylic acids is 1. The molecule has 0 fully saturated rings. The standard InChI is InChI=1S/C21H21N3O3S/c1-4-13-27-18-10-5-15(14-19(18)26-3)20(25)23-16-6-8-17(9-7-16)28-21-22-11-12-24(21)2/h4-12,14H,1,13H2,2-3H3,(H,23,25). The van der Waals surface area contributed by atoms with E-state index < -0.39 is 0 Å². The maximum Gasteiger partial charge on any atom is 0.255 e. The predicted octanol–water partition coefficient (Wildman–Crippen LogP) is 4.40. The van der Waals surface area contributed by atoms with Gasteiger partial charge in [0.15, 0.2) is 16.7 Å². The molecule has 144 valence electrons. The van der Waals surface area contributed by atoms with E-state index in [1.165, 1.54) is 7.11 Å². The molecule has 1 aromatic heterocycles. The number of nitrogens with one attached hydrogen (secondary N) is 1. The van der Waals surface area contributed by atoms with Crippen molar-refractivity contribution >= 4 is 23.4 Å². The van der Waals surface area contributed by atoms with E-state index in [1.54, 1.807) is 42.2 Å². The Hall–Kier alpha value is -3.19. The van der Waals surface area contributed by atoms with Crippen molar-refractivity contribution in [1.29, 1.82) is 0 Å². The van der Waals surface area contributed by atoms with Crippen LogP contribution in [0.15, 0.2) is 77.6 Å². The van der Waals surface area contributed by atoms with Crippen LogP contribution < -0.4 is 14.8 Å². The Kier molecular flexibility index (Phi) is 6.39. The van der Waals surface area contributed by atoms with Gasteiger partial charge in [-0.15, -0.1) is 0 Å². The van der Waals surface area contributed by atoms with E-state index in [4.69, 9.17) is 9.47 Å². The zero-order chi connectivity index (χ0) is 19.9. The number of imidazole rings is 1. The highest BCUT2D eigenvalue weighted by atomic mass is 32.2. The van der Waals surface area contributed by atoms with Gasteiger partial charge >= 0.3 is 0 Å². The van der Waals surface area contributed by atoms with Crippen LogP contribution in [-0.4, -0.2) is 29.2 Å². The summed E-state index contributed by atoms with van der Waals surface area (Å²) in [6.45, 7) is 3.98. The van der Waals surface area contributed by atoms with E-state index in [0.29, 0.717) is 29.4 Å². The minimum atomic E-state index is -0.224. The molecule has 3 rings (SSSR count). The molecular weight excluding hydrogens is 374 g/mol. The van der Waals surface area contributed by atoms with E-state index in [0.717, 1.165) is 10.1 Å².